The summed E-state index contributed by atoms with van der Waals surface area (Å²) in [5, 5.41) is 17.2. The van der Waals surface area contributed by atoms with Crippen LogP contribution in [0.3, 0.4) is 0 Å². The molecule has 1 aliphatic carbocycles. The molecule has 1 saturated carbocycles. The van der Waals surface area contributed by atoms with Crippen LogP contribution in [-0.2, 0) is 4.74 Å². The summed E-state index contributed by atoms with van der Waals surface area (Å²) in [6, 6.07) is 10.2. The highest BCUT2D eigenvalue weighted by Gasteiger charge is 2.36. The Kier molecular flexibility index (Phi) is 8.95. The van der Waals surface area contributed by atoms with Crippen molar-refractivity contribution >= 4 is 35.7 Å². The number of rotatable bonds is 11. The Balaban J connectivity index is 1.35. The molecule has 0 bridgehead atoms. The number of ether oxygens (including phenoxy) is 2. The van der Waals surface area contributed by atoms with Crippen LogP contribution in [0.4, 0.5) is 26.1 Å². The van der Waals surface area contributed by atoms with Gasteiger partial charge in [0.15, 0.2) is 17.4 Å². The Bertz CT molecular complexity index is 1760. The zero-order valence-corrected chi connectivity index (χ0v) is 24.2. The molecule has 1 fully saturated rings. The lowest BCUT2D eigenvalue weighted by atomic mass is 9.98. The molecular weight excluding hydrogens is 572 g/mol. The molecule has 4 aromatic rings. The molecule has 0 aliphatic heterocycles. The van der Waals surface area contributed by atoms with Crippen LogP contribution in [0.1, 0.15) is 48.5 Å². The molecule has 3 N–H and O–H groups in total. The van der Waals surface area contributed by atoms with Crippen molar-refractivity contribution < 1.29 is 23.0 Å². The number of aromatic nitrogens is 4. The molecule has 0 unspecified atom stereocenters. The molecule has 2 aromatic carbocycles. The topological polar surface area (TPSA) is 136 Å². The molecule has 1 aliphatic rings. The van der Waals surface area contributed by atoms with E-state index < -0.39 is 23.1 Å². The van der Waals surface area contributed by atoms with E-state index in [9.17, 15) is 14.0 Å². The second-order valence-corrected chi connectivity index (χ2v) is 10.3. The van der Waals surface area contributed by atoms with E-state index in [4.69, 9.17) is 9.47 Å². The zero-order chi connectivity index (χ0) is 31.3. The molecule has 228 valence electrons. The number of aliphatic imine (C=N–C) groups is 1. The minimum atomic E-state index is -0.775. The van der Waals surface area contributed by atoms with Crippen molar-refractivity contribution in [2.24, 2.45) is 4.99 Å². The fourth-order valence-electron chi connectivity index (χ4n) is 5.25. The molecule has 13 heteroatoms. The van der Waals surface area contributed by atoms with Gasteiger partial charge in [0.05, 0.1) is 17.8 Å². The van der Waals surface area contributed by atoms with E-state index in [-0.39, 0.29) is 39.8 Å². The highest BCUT2D eigenvalue weighted by Crippen LogP contribution is 2.39. The van der Waals surface area contributed by atoms with Crippen LogP contribution < -0.4 is 20.9 Å². The van der Waals surface area contributed by atoms with Crippen LogP contribution in [0.5, 0.6) is 5.75 Å². The predicted octanol–water partition coefficient (Wildman–Crippen LogP) is 5.63. The van der Waals surface area contributed by atoms with Crippen LogP contribution in [-0.4, -0.2) is 51.9 Å². The number of benzene rings is 2. The van der Waals surface area contributed by atoms with Gasteiger partial charge in [-0.2, -0.15) is 14.9 Å². The van der Waals surface area contributed by atoms with Crippen molar-refractivity contribution in [3.63, 3.8) is 0 Å². The summed E-state index contributed by atoms with van der Waals surface area (Å²) >= 11 is 0. The Hall–Kier alpha value is -5.17. The monoisotopic (exact) mass is 603 g/mol. The first kappa shape index (κ1) is 30.3. The molecule has 44 heavy (non-hydrogen) atoms. The van der Waals surface area contributed by atoms with Gasteiger partial charge in [0, 0.05) is 25.1 Å². The number of hydrogen-bond acceptors (Lipinski definition) is 8. The normalized spacial score (nSPS) is 14.3. The average molecular weight is 604 g/mol. The van der Waals surface area contributed by atoms with Gasteiger partial charge in [0.2, 0.25) is 0 Å². The van der Waals surface area contributed by atoms with Gasteiger partial charge in [-0.3, -0.25) is 14.7 Å². The molecule has 0 radical (unpaired) electrons. The van der Waals surface area contributed by atoms with E-state index in [0.717, 1.165) is 36.4 Å². The Morgan fingerprint density at radius 3 is 2.59 bits per heavy atom. The first-order chi connectivity index (χ1) is 21.3. The van der Waals surface area contributed by atoms with Gasteiger partial charge in [-0.1, -0.05) is 12.8 Å². The third-order valence-electron chi connectivity index (χ3n) is 7.35. The average Bonchev–Trinajstić information content (AvgIpc) is 3.64. The zero-order valence-electron chi connectivity index (χ0n) is 24.2. The maximum Gasteiger partial charge on any atom is 0.284 e. The Morgan fingerprint density at radius 1 is 1.18 bits per heavy atom. The number of carbonyl (C=O) groups is 1. The smallest absolute Gasteiger partial charge is 0.284 e. The third kappa shape index (κ3) is 6.27. The van der Waals surface area contributed by atoms with Crippen molar-refractivity contribution in [2.75, 3.05) is 24.4 Å². The van der Waals surface area contributed by atoms with Gasteiger partial charge in [-0.05, 0) is 75.0 Å². The molecule has 2 heterocycles. The van der Waals surface area contributed by atoms with Gasteiger partial charge < -0.3 is 20.1 Å². The molecule has 11 nitrogen and oxygen atoms in total. The Labute approximate surface area is 251 Å². The highest BCUT2D eigenvalue weighted by atomic mass is 19.1. The van der Waals surface area contributed by atoms with Crippen molar-refractivity contribution in [2.45, 2.75) is 38.1 Å². The van der Waals surface area contributed by atoms with Gasteiger partial charge >= 0.3 is 0 Å². The first-order valence-electron chi connectivity index (χ1n) is 13.9. The first-order valence-corrected chi connectivity index (χ1v) is 13.9. The van der Waals surface area contributed by atoms with Crippen LogP contribution in [0.25, 0.3) is 11.4 Å². The van der Waals surface area contributed by atoms with Crippen LogP contribution in [0, 0.1) is 11.6 Å². The maximum absolute atomic E-state index is 15.3. The fraction of sp³-hybridized carbons (Fsp3) is 0.258. The molecule has 0 atom stereocenters. The maximum atomic E-state index is 15.3. The van der Waals surface area contributed by atoms with E-state index >= 15 is 4.39 Å². The summed E-state index contributed by atoms with van der Waals surface area (Å²) in [6.45, 7) is 5.83. The van der Waals surface area contributed by atoms with Crippen molar-refractivity contribution in [1.29, 1.82) is 0 Å². The van der Waals surface area contributed by atoms with E-state index in [0.29, 0.717) is 18.0 Å². The second kappa shape index (κ2) is 13.0. The molecule has 5 rings (SSSR count). The molecule has 1 amide bonds. The number of methoxy groups -OCH3 is 1. The summed E-state index contributed by atoms with van der Waals surface area (Å²) in [6.07, 6.45) is 6.85. The Morgan fingerprint density at radius 2 is 1.93 bits per heavy atom. The summed E-state index contributed by atoms with van der Waals surface area (Å²) in [7, 11) is 1.66. The van der Waals surface area contributed by atoms with Crippen LogP contribution >= 0.6 is 0 Å². The number of allylic oxidation sites excluding steroid dienone is 1. The highest BCUT2D eigenvalue weighted by molar-refractivity contribution is 6.04. The molecule has 0 spiro atoms. The van der Waals surface area contributed by atoms with Gasteiger partial charge in [0.25, 0.3) is 11.5 Å². The lowest BCUT2D eigenvalue weighted by Gasteiger charge is -2.30. The van der Waals surface area contributed by atoms with E-state index in [1.54, 1.807) is 20.1 Å². The summed E-state index contributed by atoms with van der Waals surface area (Å²) < 4.78 is 41.1. The van der Waals surface area contributed by atoms with Crippen molar-refractivity contribution in [3.05, 3.63) is 93.9 Å². The SMILES string of the molecule is C=Nc1n[nH]c(NC2(COC)CCCC2)c1/C(=C\C)Oc1ccc(NC(=O)c2ccnn(-c3ccc(F)cc3)c2=O)cc1F. The molecule has 2 aromatic heterocycles. The number of halogens is 2. The lowest BCUT2D eigenvalue weighted by molar-refractivity contribution is 0.102. The van der Waals surface area contributed by atoms with E-state index in [2.05, 4.69) is 37.6 Å². The number of H-pyrrole nitrogens is 1. The number of amides is 1. The minimum absolute atomic E-state index is 0.0910. The molecular formula is C31H31F2N7O4. The second-order valence-electron chi connectivity index (χ2n) is 10.3. The van der Waals surface area contributed by atoms with Crippen molar-refractivity contribution in [1.82, 2.24) is 20.0 Å². The van der Waals surface area contributed by atoms with E-state index in [1.807, 2.05) is 0 Å². The number of anilines is 2. The van der Waals surface area contributed by atoms with Crippen LogP contribution in [0.2, 0.25) is 0 Å². The third-order valence-corrected chi connectivity index (χ3v) is 7.35. The fourth-order valence-corrected chi connectivity index (χ4v) is 5.25. The number of carbonyl (C=O) groups excluding carboxylic acids is 1. The summed E-state index contributed by atoms with van der Waals surface area (Å²) in [5.74, 6) is -1.03. The lowest BCUT2D eigenvalue weighted by Crippen LogP contribution is -2.40. The summed E-state index contributed by atoms with van der Waals surface area (Å²) in [5.41, 5.74) is -0.406. The predicted molar refractivity (Wildman–Crippen MR) is 163 cm³/mol. The van der Waals surface area contributed by atoms with Gasteiger partial charge in [-0.25, -0.2) is 13.8 Å². The minimum Gasteiger partial charge on any atom is -0.454 e. The van der Waals surface area contributed by atoms with Gasteiger partial charge in [0.1, 0.15) is 28.5 Å². The van der Waals surface area contributed by atoms with Crippen molar-refractivity contribution in [3.8, 4) is 11.4 Å². The van der Waals surface area contributed by atoms with E-state index in [1.165, 1.54) is 48.7 Å². The number of nitrogens with zero attached hydrogens (tertiary/aromatic N) is 4. The molecule has 0 saturated heterocycles. The summed E-state index contributed by atoms with van der Waals surface area (Å²) in [4.78, 5) is 29.9. The number of aromatic amines is 1. The standard InChI is InChI=1S/C31H31F2N7O4/c1-4-24(26-27(34-2)38-39-28(26)37-31(18-43-3)14-5-6-15-31)44-25-12-9-20(17-23(25)33)36-29(41)22-13-16-35-40(30(22)42)21-10-7-19(32)8-11-21/h4,7-13,16-17H,2,5-6,14-15,18H2,1,3H3,(H,36,41)(H2,37,38,39)/b24-4+. The quantitative estimate of drug-likeness (QED) is 0.149. The largest absolute Gasteiger partial charge is 0.454 e. The van der Waals surface area contributed by atoms with Crippen LogP contribution in [0.15, 0.2) is 70.6 Å². The van der Waals surface area contributed by atoms with Gasteiger partial charge in [-0.15, -0.1) is 0 Å². The number of hydrogen-bond donors (Lipinski definition) is 3. The number of nitrogens with one attached hydrogen (secondary N) is 3.